The maximum absolute atomic E-state index is 11.8. The summed E-state index contributed by atoms with van der Waals surface area (Å²) < 4.78 is 5.66. The number of rotatable bonds is 5. The Morgan fingerprint density at radius 1 is 1.15 bits per heavy atom. The van der Waals surface area contributed by atoms with Gasteiger partial charge in [-0.25, -0.2) is 0 Å². The zero-order valence-corrected chi connectivity index (χ0v) is 13.5. The highest BCUT2D eigenvalue weighted by Gasteiger charge is 2.16. The summed E-state index contributed by atoms with van der Waals surface area (Å²) in [5, 5.41) is 2.87. The van der Waals surface area contributed by atoms with Gasteiger partial charge in [0.15, 0.2) is 6.10 Å². The Morgan fingerprint density at radius 2 is 1.70 bits per heavy atom. The molecule has 3 heteroatoms. The van der Waals surface area contributed by atoms with Crippen LogP contribution in [0.5, 0.6) is 5.75 Å². The molecule has 0 aliphatic carbocycles. The Morgan fingerprint density at radius 3 is 2.15 bits per heavy atom. The fourth-order valence-electron chi connectivity index (χ4n) is 1.74. The molecule has 0 aliphatic rings. The molecular weight excluding hydrogens is 250 g/mol. The van der Waals surface area contributed by atoms with Crippen LogP contribution in [0.3, 0.4) is 0 Å². The Hall–Kier alpha value is -1.51. The normalized spacial score (nSPS) is 13.2. The molecule has 0 fully saturated rings. The zero-order chi connectivity index (χ0) is 15.3. The fraction of sp³-hybridized carbons (Fsp3) is 0.588. The molecule has 0 aliphatic heterocycles. The quantitative estimate of drug-likeness (QED) is 0.894. The molecule has 1 amide bonds. The van der Waals surface area contributed by atoms with Crippen LogP contribution in [0.4, 0.5) is 0 Å². The fourth-order valence-corrected chi connectivity index (χ4v) is 1.74. The van der Waals surface area contributed by atoms with Crippen LogP contribution in [0, 0.1) is 5.92 Å². The first-order valence-corrected chi connectivity index (χ1v) is 7.25. The zero-order valence-electron chi connectivity index (χ0n) is 13.5. The van der Waals surface area contributed by atoms with Crippen molar-refractivity contribution < 1.29 is 9.53 Å². The Bertz CT molecular complexity index is 429. The largest absolute Gasteiger partial charge is 0.481 e. The van der Waals surface area contributed by atoms with Crippen LogP contribution in [-0.2, 0) is 10.2 Å². The van der Waals surface area contributed by atoms with Gasteiger partial charge >= 0.3 is 0 Å². The molecule has 1 rings (SSSR count). The van der Waals surface area contributed by atoms with Crippen LogP contribution in [0.25, 0.3) is 0 Å². The van der Waals surface area contributed by atoms with Crippen molar-refractivity contribution in [3.05, 3.63) is 29.8 Å². The third kappa shape index (κ3) is 5.24. The monoisotopic (exact) mass is 277 g/mol. The molecule has 0 radical (unpaired) electrons. The molecule has 0 unspecified atom stereocenters. The number of carbonyl (C=O) groups is 1. The lowest BCUT2D eigenvalue weighted by Crippen LogP contribution is -2.38. The number of hydrogen-bond acceptors (Lipinski definition) is 2. The molecule has 0 bridgehead atoms. The van der Waals surface area contributed by atoms with Gasteiger partial charge in [0.1, 0.15) is 5.75 Å². The number of nitrogens with one attached hydrogen (secondary N) is 1. The van der Waals surface area contributed by atoms with E-state index >= 15 is 0 Å². The van der Waals surface area contributed by atoms with E-state index < -0.39 is 6.10 Å². The molecule has 112 valence electrons. The van der Waals surface area contributed by atoms with Crippen molar-refractivity contribution >= 4 is 5.91 Å². The van der Waals surface area contributed by atoms with Gasteiger partial charge in [-0.05, 0) is 36.0 Å². The van der Waals surface area contributed by atoms with Crippen molar-refractivity contribution in [3.8, 4) is 5.75 Å². The number of amides is 1. The molecule has 1 N–H and O–H groups in total. The average Bonchev–Trinajstić information content (AvgIpc) is 2.35. The van der Waals surface area contributed by atoms with E-state index in [1.54, 1.807) is 6.92 Å². The summed E-state index contributed by atoms with van der Waals surface area (Å²) in [5.41, 5.74) is 1.38. The van der Waals surface area contributed by atoms with Crippen molar-refractivity contribution in [2.24, 2.45) is 5.92 Å². The lowest BCUT2D eigenvalue weighted by Gasteiger charge is -2.20. The van der Waals surface area contributed by atoms with Gasteiger partial charge in [-0.2, -0.15) is 0 Å². The van der Waals surface area contributed by atoms with E-state index in [4.69, 9.17) is 4.74 Å². The highest BCUT2D eigenvalue weighted by molar-refractivity contribution is 5.80. The van der Waals surface area contributed by atoms with Crippen molar-refractivity contribution in [2.75, 3.05) is 6.54 Å². The standard InChI is InChI=1S/C17H27NO2/c1-12(2)11-18-16(19)13(3)20-15-9-7-14(8-10-15)17(4,5)6/h7-10,12-13H,11H2,1-6H3,(H,18,19)/t13-/m0/s1. The van der Waals surface area contributed by atoms with Gasteiger partial charge in [0.05, 0.1) is 0 Å². The average molecular weight is 277 g/mol. The summed E-state index contributed by atoms with van der Waals surface area (Å²) in [6.45, 7) is 13.1. The predicted octanol–water partition coefficient (Wildman–Crippen LogP) is 3.52. The van der Waals surface area contributed by atoms with Crippen LogP contribution in [0.1, 0.15) is 47.1 Å². The summed E-state index contributed by atoms with van der Waals surface area (Å²) in [6.07, 6.45) is -0.478. The van der Waals surface area contributed by atoms with E-state index in [0.29, 0.717) is 12.5 Å². The summed E-state index contributed by atoms with van der Waals surface area (Å²) in [5.74, 6) is 1.10. The molecule has 0 aromatic heterocycles. The minimum Gasteiger partial charge on any atom is -0.481 e. The Labute approximate surface area is 122 Å². The van der Waals surface area contributed by atoms with Gasteiger partial charge in [0.2, 0.25) is 0 Å². The van der Waals surface area contributed by atoms with E-state index in [1.807, 2.05) is 24.3 Å². The molecule has 1 aromatic rings. The molecular formula is C17H27NO2. The van der Waals surface area contributed by atoms with E-state index in [-0.39, 0.29) is 11.3 Å². The van der Waals surface area contributed by atoms with Crippen LogP contribution in [0.15, 0.2) is 24.3 Å². The van der Waals surface area contributed by atoms with Crippen LogP contribution >= 0.6 is 0 Å². The van der Waals surface area contributed by atoms with Crippen molar-refractivity contribution in [1.29, 1.82) is 0 Å². The Kier molecular flexibility index (Phi) is 5.61. The first kappa shape index (κ1) is 16.5. The molecule has 0 saturated carbocycles. The maximum Gasteiger partial charge on any atom is 0.260 e. The molecule has 0 heterocycles. The third-order valence-electron chi connectivity index (χ3n) is 3.09. The summed E-state index contributed by atoms with van der Waals surface area (Å²) >= 11 is 0. The maximum atomic E-state index is 11.8. The lowest BCUT2D eigenvalue weighted by molar-refractivity contribution is -0.127. The van der Waals surface area contributed by atoms with E-state index in [1.165, 1.54) is 5.56 Å². The summed E-state index contributed by atoms with van der Waals surface area (Å²) in [7, 11) is 0. The molecule has 0 spiro atoms. The van der Waals surface area contributed by atoms with Gasteiger partial charge in [-0.15, -0.1) is 0 Å². The van der Waals surface area contributed by atoms with Gasteiger partial charge < -0.3 is 10.1 Å². The minimum atomic E-state index is -0.478. The number of ether oxygens (including phenoxy) is 1. The van der Waals surface area contributed by atoms with Crippen molar-refractivity contribution in [1.82, 2.24) is 5.32 Å². The SMILES string of the molecule is CC(C)CNC(=O)[C@H](C)Oc1ccc(C(C)(C)C)cc1. The second kappa shape index (κ2) is 6.78. The first-order chi connectivity index (χ1) is 9.20. The number of benzene rings is 1. The molecule has 3 nitrogen and oxygen atoms in total. The van der Waals surface area contributed by atoms with Crippen LogP contribution < -0.4 is 10.1 Å². The first-order valence-electron chi connectivity index (χ1n) is 7.25. The highest BCUT2D eigenvalue weighted by atomic mass is 16.5. The third-order valence-corrected chi connectivity index (χ3v) is 3.09. The Balaban J connectivity index is 2.58. The molecule has 1 atom stereocenters. The smallest absolute Gasteiger partial charge is 0.260 e. The predicted molar refractivity (Wildman–Crippen MR) is 83.1 cm³/mol. The lowest BCUT2D eigenvalue weighted by atomic mass is 9.87. The summed E-state index contributed by atoms with van der Waals surface area (Å²) in [6, 6.07) is 7.95. The summed E-state index contributed by atoms with van der Waals surface area (Å²) in [4.78, 5) is 11.8. The minimum absolute atomic E-state index is 0.0707. The molecule has 20 heavy (non-hydrogen) atoms. The van der Waals surface area contributed by atoms with E-state index in [0.717, 1.165) is 5.75 Å². The van der Waals surface area contributed by atoms with Gasteiger partial charge in [0.25, 0.3) is 5.91 Å². The van der Waals surface area contributed by atoms with Crippen molar-refractivity contribution in [2.45, 2.75) is 53.1 Å². The van der Waals surface area contributed by atoms with Gasteiger partial charge in [-0.1, -0.05) is 46.8 Å². The number of hydrogen-bond donors (Lipinski definition) is 1. The topological polar surface area (TPSA) is 38.3 Å². The van der Waals surface area contributed by atoms with Crippen LogP contribution in [0.2, 0.25) is 0 Å². The molecule has 0 saturated heterocycles. The molecule has 1 aromatic carbocycles. The van der Waals surface area contributed by atoms with E-state index in [9.17, 15) is 4.79 Å². The second-order valence-electron chi connectivity index (χ2n) is 6.67. The van der Waals surface area contributed by atoms with Gasteiger partial charge in [0, 0.05) is 6.54 Å². The number of carbonyl (C=O) groups excluding carboxylic acids is 1. The second-order valence-corrected chi connectivity index (χ2v) is 6.67. The van der Waals surface area contributed by atoms with Crippen molar-refractivity contribution in [3.63, 3.8) is 0 Å². The van der Waals surface area contributed by atoms with Crippen LogP contribution in [-0.4, -0.2) is 18.6 Å². The van der Waals surface area contributed by atoms with E-state index in [2.05, 4.69) is 39.9 Å². The highest BCUT2D eigenvalue weighted by Crippen LogP contribution is 2.24. The van der Waals surface area contributed by atoms with Gasteiger partial charge in [-0.3, -0.25) is 4.79 Å².